The van der Waals surface area contributed by atoms with Crippen LogP contribution >= 0.6 is 0 Å². The molecule has 1 aromatic heterocycles. The van der Waals surface area contributed by atoms with Crippen molar-refractivity contribution in [1.29, 1.82) is 0 Å². The number of sulfonamides is 1. The van der Waals surface area contributed by atoms with E-state index in [1.165, 1.54) is 12.1 Å². The third-order valence-electron chi connectivity index (χ3n) is 5.32. The van der Waals surface area contributed by atoms with Gasteiger partial charge in [0.1, 0.15) is 5.75 Å². The number of hydrogen-bond acceptors (Lipinski definition) is 5. The highest BCUT2D eigenvalue weighted by molar-refractivity contribution is 7.92. The van der Waals surface area contributed by atoms with Gasteiger partial charge in [-0.3, -0.25) is 4.72 Å². The van der Waals surface area contributed by atoms with Crippen molar-refractivity contribution in [2.45, 2.75) is 18.7 Å². The van der Waals surface area contributed by atoms with Gasteiger partial charge < -0.3 is 14.0 Å². The van der Waals surface area contributed by atoms with Crippen molar-refractivity contribution >= 4 is 32.6 Å². The molecule has 33 heavy (non-hydrogen) atoms. The molecule has 4 rings (SSSR count). The van der Waals surface area contributed by atoms with Crippen LogP contribution in [-0.4, -0.2) is 32.7 Å². The van der Waals surface area contributed by atoms with Gasteiger partial charge in [0.2, 0.25) is 0 Å². The number of esters is 1. The van der Waals surface area contributed by atoms with Crippen LogP contribution in [0, 0.1) is 6.92 Å². The van der Waals surface area contributed by atoms with Gasteiger partial charge in [0.15, 0.2) is 0 Å². The maximum atomic E-state index is 12.8. The van der Waals surface area contributed by atoms with E-state index in [1.807, 2.05) is 35.8 Å². The second kappa shape index (κ2) is 8.99. The predicted octanol–water partition coefficient (Wildman–Crippen LogP) is 4.93. The number of fused-ring (bicyclic) bond motifs is 1. The summed E-state index contributed by atoms with van der Waals surface area (Å²) in [6.45, 7) is 3.81. The molecule has 0 radical (unpaired) electrons. The number of nitrogens with one attached hydrogen (secondary N) is 1. The standard InChI is InChI=1S/C25H24N2O5S/c1-4-32-25(28)24-17(2)27(19-11-13-20(31-3)14-12-19)23-15-10-18(16-22(23)24)26-33(29,30)21-8-6-5-7-9-21/h5-16,26H,4H2,1-3H3. The van der Waals surface area contributed by atoms with E-state index >= 15 is 0 Å². The monoisotopic (exact) mass is 464 g/mol. The molecule has 0 bridgehead atoms. The Balaban J connectivity index is 1.86. The van der Waals surface area contributed by atoms with Gasteiger partial charge in [-0.05, 0) is 68.4 Å². The molecule has 0 saturated carbocycles. The van der Waals surface area contributed by atoms with Crippen molar-refractivity contribution < 1.29 is 22.7 Å². The van der Waals surface area contributed by atoms with Gasteiger partial charge in [0.25, 0.3) is 10.0 Å². The van der Waals surface area contributed by atoms with Crippen LogP contribution in [0.3, 0.4) is 0 Å². The SMILES string of the molecule is CCOC(=O)c1c(C)n(-c2ccc(OC)cc2)c2ccc(NS(=O)(=O)c3ccccc3)cc12. The maximum absolute atomic E-state index is 12.8. The van der Waals surface area contributed by atoms with Gasteiger partial charge in [-0.15, -0.1) is 0 Å². The van der Waals surface area contributed by atoms with Crippen LogP contribution < -0.4 is 9.46 Å². The van der Waals surface area contributed by atoms with E-state index in [0.717, 1.165) is 17.0 Å². The third kappa shape index (κ3) is 4.29. The van der Waals surface area contributed by atoms with Gasteiger partial charge in [-0.25, -0.2) is 13.2 Å². The van der Waals surface area contributed by atoms with Crippen molar-refractivity contribution in [3.05, 3.63) is 84.1 Å². The fourth-order valence-electron chi connectivity index (χ4n) is 3.82. The lowest BCUT2D eigenvalue weighted by atomic mass is 10.1. The highest BCUT2D eigenvalue weighted by Gasteiger charge is 2.23. The first-order chi connectivity index (χ1) is 15.9. The molecule has 0 aliphatic rings. The van der Waals surface area contributed by atoms with Gasteiger partial charge >= 0.3 is 5.97 Å². The zero-order valence-corrected chi connectivity index (χ0v) is 19.3. The van der Waals surface area contributed by atoms with Crippen molar-refractivity contribution in [1.82, 2.24) is 4.57 Å². The van der Waals surface area contributed by atoms with E-state index in [1.54, 1.807) is 50.4 Å². The van der Waals surface area contributed by atoms with Gasteiger partial charge in [-0.1, -0.05) is 18.2 Å². The second-order valence-electron chi connectivity index (χ2n) is 7.36. The number of rotatable bonds is 7. The fraction of sp³-hybridized carbons (Fsp3) is 0.160. The normalized spacial score (nSPS) is 11.4. The van der Waals surface area contributed by atoms with Crippen molar-refractivity contribution in [3.63, 3.8) is 0 Å². The largest absolute Gasteiger partial charge is 0.497 e. The Morgan fingerprint density at radius 1 is 1.00 bits per heavy atom. The number of carbonyl (C=O) groups is 1. The molecule has 0 unspecified atom stereocenters. The summed E-state index contributed by atoms with van der Waals surface area (Å²) in [5.41, 5.74) is 3.03. The molecule has 0 atom stereocenters. The molecule has 1 heterocycles. The molecule has 3 aromatic carbocycles. The number of methoxy groups -OCH3 is 1. The molecule has 8 heteroatoms. The zero-order valence-electron chi connectivity index (χ0n) is 18.5. The number of anilines is 1. The Morgan fingerprint density at radius 3 is 2.33 bits per heavy atom. The Morgan fingerprint density at radius 2 is 1.70 bits per heavy atom. The first-order valence-electron chi connectivity index (χ1n) is 10.4. The van der Waals surface area contributed by atoms with Crippen LogP contribution in [0.2, 0.25) is 0 Å². The number of aromatic nitrogens is 1. The molecule has 0 saturated heterocycles. The molecule has 0 spiro atoms. The lowest BCUT2D eigenvalue weighted by Crippen LogP contribution is -2.12. The summed E-state index contributed by atoms with van der Waals surface area (Å²) >= 11 is 0. The fourth-order valence-corrected chi connectivity index (χ4v) is 4.89. The van der Waals surface area contributed by atoms with E-state index in [-0.39, 0.29) is 11.5 Å². The average Bonchev–Trinajstić information content (AvgIpc) is 3.10. The molecule has 0 fully saturated rings. The molecule has 0 amide bonds. The Hall–Kier alpha value is -3.78. The van der Waals surface area contributed by atoms with E-state index in [0.29, 0.717) is 22.3 Å². The van der Waals surface area contributed by atoms with E-state index < -0.39 is 16.0 Å². The number of nitrogens with zero attached hydrogens (tertiary/aromatic N) is 1. The molecule has 7 nitrogen and oxygen atoms in total. The molecule has 0 aliphatic carbocycles. The first-order valence-corrected chi connectivity index (χ1v) is 11.9. The first kappa shape index (κ1) is 22.4. The van der Waals surface area contributed by atoms with Crippen LogP contribution in [0.25, 0.3) is 16.6 Å². The molecule has 170 valence electrons. The van der Waals surface area contributed by atoms with E-state index in [2.05, 4.69) is 4.72 Å². The van der Waals surface area contributed by atoms with Crippen molar-refractivity contribution in [2.75, 3.05) is 18.4 Å². The highest BCUT2D eigenvalue weighted by Crippen LogP contribution is 2.33. The number of ether oxygens (including phenoxy) is 2. The van der Waals surface area contributed by atoms with Crippen LogP contribution in [0.5, 0.6) is 5.75 Å². The summed E-state index contributed by atoms with van der Waals surface area (Å²) in [6.07, 6.45) is 0. The molecular formula is C25H24N2O5S. The Kier molecular flexibility index (Phi) is 6.11. The quantitative estimate of drug-likeness (QED) is 0.392. The van der Waals surface area contributed by atoms with Gasteiger partial charge in [0.05, 0.1) is 29.7 Å². The van der Waals surface area contributed by atoms with Crippen LogP contribution in [-0.2, 0) is 14.8 Å². The molecule has 0 aliphatic heterocycles. The summed E-state index contributed by atoms with van der Waals surface area (Å²) in [6, 6.07) is 20.7. The third-order valence-corrected chi connectivity index (χ3v) is 6.72. The molecular weight excluding hydrogens is 440 g/mol. The topological polar surface area (TPSA) is 86.6 Å². The average molecular weight is 465 g/mol. The summed E-state index contributed by atoms with van der Waals surface area (Å²) in [5, 5.41) is 0.593. The summed E-state index contributed by atoms with van der Waals surface area (Å²) in [5.74, 6) is 0.256. The minimum absolute atomic E-state index is 0.155. The lowest BCUT2D eigenvalue weighted by Gasteiger charge is -2.11. The van der Waals surface area contributed by atoms with Gasteiger partial charge in [-0.2, -0.15) is 0 Å². The zero-order chi connectivity index (χ0) is 23.6. The van der Waals surface area contributed by atoms with Crippen molar-refractivity contribution in [3.8, 4) is 11.4 Å². The van der Waals surface area contributed by atoms with E-state index in [9.17, 15) is 13.2 Å². The number of benzene rings is 3. The minimum Gasteiger partial charge on any atom is -0.497 e. The smallest absolute Gasteiger partial charge is 0.340 e. The Bertz CT molecular complexity index is 1410. The lowest BCUT2D eigenvalue weighted by molar-refractivity contribution is 0.0527. The molecule has 1 N–H and O–H groups in total. The van der Waals surface area contributed by atoms with Crippen LogP contribution in [0.15, 0.2) is 77.7 Å². The summed E-state index contributed by atoms with van der Waals surface area (Å²) < 4.78 is 40.7. The van der Waals surface area contributed by atoms with Crippen LogP contribution in [0.4, 0.5) is 5.69 Å². The van der Waals surface area contributed by atoms with E-state index in [4.69, 9.17) is 9.47 Å². The maximum Gasteiger partial charge on any atom is 0.340 e. The molecule has 4 aromatic rings. The number of carbonyl (C=O) groups excluding carboxylic acids is 1. The van der Waals surface area contributed by atoms with Crippen LogP contribution in [0.1, 0.15) is 23.0 Å². The minimum atomic E-state index is -3.78. The number of hydrogen-bond donors (Lipinski definition) is 1. The summed E-state index contributed by atoms with van der Waals surface area (Å²) in [7, 11) is -2.18. The Labute approximate surface area is 192 Å². The van der Waals surface area contributed by atoms with Crippen molar-refractivity contribution in [2.24, 2.45) is 0 Å². The summed E-state index contributed by atoms with van der Waals surface area (Å²) in [4.78, 5) is 13.0. The predicted molar refractivity (Wildman–Crippen MR) is 128 cm³/mol. The second-order valence-corrected chi connectivity index (χ2v) is 9.05. The highest BCUT2D eigenvalue weighted by atomic mass is 32.2. The van der Waals surface area contributed by atoms with Gasteiger partial charge in [0, 0.05) is 22.5 Å².